The van der Waals surface area contributed by atoms with Gasteiger partial charge in [-0.05, 0) is 36.0 Å². The van der Waals surface area contributed by atoms with Gasteiger partial charge in [0.05, 0.1) is 0 Å². The maximum absolute atomic E-state index is 12.2. The lowest BCUT2D eigenvalue weighted by atomic mass is 10.2. The first kappa shape index (κ1) is 15.8. The van der Waals surface area contributed by atoms with Crippen molar-refractivity contribution in [3.05, 3.63) is 35.7 Å². The molecule has 1 aromatic heterocycles. The molecule has 0 saturated carbocycles. The van der Waals surface area contributed by atoms with Gasteiger partial charge in [-0.1, -0.05) is 5.10 Å². The number of anilines is 1. The van der Waals surface area contributed by atoms with Crippen LogP contribution in [0.2, 0.25) is 0 Å². The average molecular weight is 332 g/mol. The van der Waals surface area contributed by atoms with Crippen molar-refractivity contribution >= 4 is 29.6 Å². The zero-order valence-electron chi connectivity index (χ0n) is 10.5. The predicted octanol–water partition coefficient (Wildman–Crippen LogP) is 2.03. The maximum Gasteiger partial charge on any atom is 0.446 e. The lowest BCUT2D eigenvalue weighted by Gasteiger charge is -2.06. The van der Waals surface area contributed by atoms with Gasteiger partial charge in [-0.15, -0.1) is 5.10 Å². The lowest BCUT2D eigenvalue weighted by molar-refractivity contribution is -0.0328. The quantitative estimate of drug-likeness (QED) is 0.829. The SMILES string of the molecule is NC(=O)c1nnc(NC(=O)c2ccc(SC(F)(F)F)cc2)o1. The number of nitrogens with two attached hydrogens (primary N) is 1. The number of nitrogens with zero attached hydrogens (tertiary/aromatic N) is 2. The van der Waals surface area contributed by atoms with Crippen molar-refractivity contribution in [3.8, 4) is 0 Å². The molecule has 0 aliphatic carbocycles. The Morgan fingerprint density at radius 2 is 1.82 bits per heavy atom. The first-order valence-corrected chi connectivity index (χ1v) is 6.37. The first-order chi connectivity index (χ1) is 10.2. The fourth-order valence-corrected chi connectivity index (χ4v) is 1.89. The zero-order valence-corrected chi connectivity index (χ0v) is 11.4. The van der Waals surface area contributed by atoms with E-state index in [1.54, 1.807) is 0 Å². The van der Waals surface area contributed by atoms with Crippen LogP contribution in [0.4, 0.5) is 19.2 Å². The second-order valence-electron chi connectivity index (χ2n) is 3.80. The van der Waals surface area contributed by atoms with Crippen LogP contribution in [0.15, 0.2) is 33.6 Å². The summed E-state index contributed by atoms with van der Waals surface area (Å²) in [5.41, 5.74) is 0.564. The molecule has 116 valence electrons. The molecule has 0 saturated heterocycles. The molecule has 2 amide bonds. The van der Waals surface area contributed by atoms with Crippen LogP contribution in [0.1, 0.15) is 21.0 Å². The second-order valence-corrected chi connectivity index (χ2v) is 4.94. The molecule has 2 aromatic rings. The number of rotatable bonds is 4. The molecule has 0 unspecified atom stereocenters. The smallest absolute Gasteiger partial charge is 0.399 e. The average Bonchev–Trinajstić information content (AvgIpc) is 2.86. The Kier molecular flexibility index (Phi) is 4.35. The minimum Gasteiger partial charge on any atom is -0.399 e. The molecule has 0 fully saturated rings. The third-order valence-electron chi connectivity index (χ3n) is 2.21. The van der Waals surface area contributed by atoms with Crippen LogP contribution in [0.5, 0.6) is 0 Å². The Morgan fingerprint density at radius 1 is 1.18 bits per heavy atom. The van der Waals surface area contributed by atoms with E-state index in [0.717, 1.165) is 12.1 Å². The van der Waals surface area contributed by atoms with Gasteiger partial charge in [0.25, 0.3) is 5.91 Å². The van der Waals surface area contributed by atoms with Crippen molar-refractivity contribution < 1.29 is 27.2 Å². The van der Waals surface area contributed by atoms with E-state index in [9.17, 15) is 22.8 Å². The monoisotopic (exact) mass is 332 g/mol. The molecule has 3 N–H and O–H groups in total. The molecule has 1 aromatic carbocycles. The fourth-order valence-electron chi connectivity index (χ4n) is 1.35. The van der Waals surface area contributed by atoms with E-state index in [2.05, 4.69) is 15.5 Å². The molecular formula is C11H7F3N4O3S. The van der Waals surface area contributed by atoms with Crippen molar-refractivity contribution in [3.63, 3.8) is 0 Å². The Bertz CT molecular complexity index is 699. The number of hydrogen-bond donors (Lipinski definition) is 2. The Hall–Kier alpha value is -2.56. The summed E-state index contributed by atoms with van der Waals surface area (Å²) in [6.07, 6.45) is 0. The molecule has 0 aliphatic heterocycles. The number of carbonyl (C=O) groups is 2. The van der Waals surface area contributed by atoms with Gasteiger partial charge < -0.3 is 10.2 Å². The Balaban J connectivity index is 2.04. The molecule has 0 aliphatic rings. The Labute approximate surface area is 125 Å². The number of aromatic nitrogens is 2. The topological polar surface area (TPSA) is 111 Å². The van der Waals surface area contributed by atoms with Gasteiger partial charge in [0.2, 0.25) is 0 Å². The number of primary amides is 1. The number of benzene rings is 1. The minimum atomic E-state index is -4.40. The molecule has 2 rings (SSSR count). The van der Waals surface area contributed by atoms with Gasteiger partial charge in [-0.3, -0.25) is 14.9 Å². The summed E-state index contributed by atoms with van der Waals surface area (Å²) in [5, 5.41) is 8.83. The molecular weight excluding hydrogens is 325 g/mol. The van der Waals surface area contributed by atoms with Crippen LogP contribution < -0.4 is 11.1 Å². The Morgan fingerprint density at radius 3 is 2.32 bits per heavy atom. The summed E-state index contributed by atoms with van der Waals surface area (Å²) < 4.78 is 41.3. The van der Waals surface area contributed by atoms with Crippen LogP contribution in [0, 0.1) is 0 Å². The number of carbonyl (C=O) groups excluding carboxylic acids is 2. The van der Waals surface area contributed by atoms with Crippen LogP contribution in [-0.4, -0.2) is 27.5 Å². The third-order valence-corrected chi connectivity index (χ3v) is 2.95. The van der Waals surface area contributed by atoms with Crippen molar-refractivity contribution in [1.29, 1.82) is 0 Å². The molecule has 7 nitrogen and oxygen atoms in total. The van der Waals surface area contributed by atoms with Crippen molar-refractivity contribution in [2.75, 3.05) is 5.32 Å². The molecule has 11 heteroatoms. The highest BCUT2D eigenvalue weighted by Crippen LogP contribution is 2.36. The van der Waals surface area contributed by atoms with Crippen LogP contribution >= 0.6 is 11.8 Å². The van der Waals surface area contributed by atoms with Crippen LogP contribution in [0.3, 0.4) is 0 Å². The van der Waals surface area contributed by atoms with Crippen LogP contribution in [-0.2, 0) is 0 Å². The van der Waals surface area contributed by atoms with Crippen LogP contribution in [0.25, 0.3) is 0 Å². The van der Waals surface area contributed by atoms with E-state index in [1.807, 2.05) is 0 Å². The molecule has 0 atom stereocenters. The summed E-state index contributed by atoms with van der Waals surface area (Å²) >= 11 is -0.292. The number of halogens is 3. The first-order valence-electron chi connectivity index (χ1n) is 5.55. The highest BCUT2D eigenvalue weighted by molar-refractivity contribution is 8.00. The molecule has 22 heavy (non-hydrogen) atoms. The normalized spacial score (nSPS) is 11.2. The highest BCUT2D eigenvalue weighted by Gasteiger charge is 2.29. The molecule has 0 bridgehead atoms. The van der Waals surface area contributed by atoms with Crippen molar-refractivity contribution in [1.82, 2.24) is 10.2 Å². The van der Waals surface area contributed by atoms with Crippen molar-refractivity contribution in [2.45, 2.75) is 10.4 Å². The fraction of sp³-hybridized carbons (Fsp3) is 0.0909. The van der Waals surface area contributed by atoms with Gasteiger partial charge in [-0.2, -0.15) is 13.2 Å². The molecule has 0 radical (unpaired) electrons. The number of alkyl halides is 3. The number of amides is 2. The van der Waals surface area contributed by atoms with E-state index < -0.39 is 23.2 Å². The summed E-state index contributed by atoms with van der Waals surface area (Å²) in [4.78, 5) is 22.5. The maximum atomic E-state index is 12.2. The molecule has 0 spiro atoms. The zero-order chi connectivity index (χ0) is 16.3. The van der Waals surface area contributed by atoms with Gasteiger partial charge >= 0.3 is 23.3 Å². The minimum absolute atomic E-state index is 0.0575. The molecule has 1 heterocycles. The summed E-state index contributed by atoms with van der Waals surface area (Å²) in [5.74, 6) is -2.13. The predicted molar refractivity (Wildman–Crippen MR) is 69.1 cm³/mol. The van der Waals surface area contributed by atoms with Gasteiger partial charge in [-0.25, -0.2) is 0 Å². The second kappa shape index (κ2) is 6.05. The standard InChI is InChI=1S/C11H7F3N4O3S/c12-11(13,14)22-6-3-1-5(2-4-6)8(20)16-10-18-17-9(21-10)7(15)19/h1-4H,(H2,15,19)(H,16,18,20). The number of nitrogens with one attached hydrogen (secondary N) is 1. The van der Waals surface area contributed by atoms with E-state index in [4.69, 9.17) is 10.2 Å². The van der Waals surface area contributed by atoms with E-state index in [0.29, 0.717) is 0 Å². The van der Waals surface area contributed by atoms with Gasteiger partial charge in [0, 0.05) is 10.5 Å². The van der Waals surface area contributed by atoms with Gasteiger partial charge in [0.15, 0.2) is 0 Å². The third kappa shape index (κ3) is 4.22. The van der Waals surface area contributed by atoms with E-state index >= 15 is 0 Å². The highest BCUT2D eigenvalue weighted by atomic mass is 32.2. The van der Waals surface area contributed by atoms with E-state index in [-0.39, 0.29) is 28.2 Å². The largest absolute Gasteiger partial charge is 0.446 e. The van der Waals surface area contributed by atoms with E-state index in [1.165, 1.54) is 12.1 Å². The lowest BCUT2D eigenvalue weighted by Crippen LogP contribution is -2.12. The summed E-state index contributed by atoms with van der Waals surface area (Å²) in [6.45, 7) is 0. The summed E-state index contributed by atoms with van der Waals surface area (Å²) in [7, 11) is 0. The number of thioether (sulfide) groups is 1. The summed E-state index contributed by atoms with van der Waals surface area (Å²) in [6, 6.07) is 4.35. The van der Waals surface area contributed by atoms with Gasteiger partial charge in [0.1, 0.15) is 0 Å². The van der Waals surface area contributed by atoms with Crippen molar-refractivity contribution in [2.24, 2.45) is 5.73 Å². The number of hydrogen-bond acceptors (Lipinski definition) is 6.